The van der Waals surface area contributed by atoms with E-state index < -0.39 is 18.0 Å². The smallest absolute Gasteiger partial charge is 0.405 e. The summed E-state index contributed by atoms with van der Waals surface area (Å²) in [6.07, 6.45) is -0.893. The zero-order valence-electron chi connectivity index (χ0n) is 13.3. The van der Waals surface area contributed by atoms with E-state index in [9.17, 15) is 18.0 Å². The summed E-state index contributed by atoms with van der Waals surface area (Å²) in [5.74, 6) is -0.236. The van der Waals surface area contributed by atoms with Crippen LogP contribution in [-0.4, -0.2) is 31.9 Å². The van der Waals surface area contributed by atoms with Gasteiger partial charge in [0.2, 0.25) is 0 Å². The number of carbonyl (C=O) groups is 1. The minimum Gasteiger partial charge on any atom is -0.405 e. The minimum absolute atomic E-state index is 0.0380. The fourth-order valence-electron chi connectivity index (χ4n) is 3.00. The van der Waals surface area contributed by atoms with Crippen molar-refractivity contribution in [1.82, 2.24) is 10.6 Å². The lowest BCUT2D eigenvalue weighted by Gasteiger charge is -2.24. The molecule has 3 rings (SSSR count). The molecule has 1 aromatic rings. The zero-order chi connectivity index (χ0) is 17.2. The van der Waals surface area contributed by atoms with Gasteiger partial charge in [0.15, 0.2) is 0 Å². The van der Waals surface area contributed by atoms with Crippen LogP contribution in [0, 0.1) is 5.92 Å². The maximum absolute atomic E-state index is 12.6. The van der Waals surface area contributed by atoms with Crippen LogP contribution >= 0.6 is 0 Å². The summed E-state index contributed by atoms with van der Waals surface area (Å²) in [6, 6.07) is 4.45. The molecular weight excluding hydrogens is 321 g/mol. The summed E-state index contributed by atoms with van der Waals surface area (Å²) >= 11 is 0. The van der Waals surface area contributed by atoms with Gasteiger partial charge in [-0.15, -0.1) is 13.2 Å². The van der Waals surface area contributed by atoms with Crippen molar-refractivity contribution >= 4 is 5.91 Å². The Kier molecular flexibility index (Phi) is 4.99. The number of carbonyl (C=O) groups excluding carboxylic acids is 1. The van der Waals surface area contributed by atoms with Gasteiger partial charge in [-0.25, -0.2) is 0 Å². The van der Waals surface area contributed by atoms with Crippen molar-refractivity contribution in [1.29, 1.82) is 0 Å². The lowest BCUT2D eigenvalue weighted by Crippen LogP contribution is -2.29. The second kappa shape index (κ2) is 7.01. The first-order valence-electron chi connectivity index (χ1n) is 8.31. The van der Waals surface area contributed by atoms with E-state index in [-0.39, 0.29) is 11.5 Å². The normalized spacial score (nSPS) is 19.1. The molecule has 132 valence electrons. The molecule has 2 aliphatic rings. The molecule has 1 aliphatic heterocycles. The maximum atomic E-state index is 12.6. The number of ether oxygens (including phenoxy) is 1. The summed E-state index contributed by atoms with van der Waals surface area (Å²) < 4.78 is 41.9. The van der Waals surface area contributed by atoms with Crippen molar-refractivity contribution in [3.05, 3.63) is 29.3 Å². The average molecular weight is 342 g/mol. The molecule has 1 saturated carbocycles. The number of alkyl halides is 3. The molecule has 1 aliphatic carbocycles. The van der Waals surface area contributed by atoms with E-state index in [0.717, 1.165) is 44.3 Å². The number of benzene rings is 1. The van der Waals surface area contributed by atoms with Crippen molar-refractivity contribution in [3.63, 3.8) is 0 Å². The van der Waals surface area contributed by atoms with Crippen LogP contribution in [-0.2, 0) is 0 Å². The van der Waals surface area contributed by atoms with Gasteiger partial charge in [0.1, 0.15) is 5.75 Å². The Morgan fingerprint density at radius 1 is 1.21 bits per heavy atom. The molecule has 7 heteroatoms. The molecule has 2 fully saturated rings. The highest BCUT2D eigenvalue weighted by molar-refractivity contribution is 5.97. The molecule has 2 N–H and O–H groups in total. The van der Waals surface area contributed by atoms with Gasteiger partial charge in [-0.1, -0.05) is 6.07 Å². The first-order chi connectivity index (χ1) is 11.4. The van der Waals surface area contributed by atoms with E-state index in [0.29, 0.717) is 12.5 Å². The van der Waals surface area contributed by atoms with Crippen molar-refractivity contribution < 1.29 is 22.7 Å². The van der Waals surface area contributed by atoms with Gasteiger partial charge in [0.05, 0.1) is 5.56 Å². The summed E-state index contributed by atoms with van der Waals surface area (Å²) in [7, 11) is 0. The molecule has 4 nitrogen and oxygen atoms in total. The molecule has 0 aromatic heterocycles. The van der Waals surface area contributed by atoms with Gasteiger partial charge in [-0.2, -0.15) is 0 Å². The summed E-state index contributed by atoms with van der Waals surface area (Å²) in [5, 5.41) is 5.97. The number of hydrogen-bond acceptors (Lipinski definition) is 3. The number of piperidine rings is 1. The fraction of sp³-hybridized carbons (Fsp3) is 0.588. The highest BCUT2D eigenvalue weighted by atomic mass is 19.4. The van der Waals surface area contributed by atoms with E-state index >= 15 is 0 Å². The van der Waals surface area contributed by atoms with E-state index in [2.05, 4.69) is 15.4 Å². The number of rotatable bonds is 5. The first-order valence-corrected chi connectivity index (χ1v) is 8.31. The Labute approximate surface area is 138 Å². The predicted octanol–water partition coefficient (Wildman–Crippen LogP) is 3.19. The number of amides is 1. The average Bonchev–Trinajstić information content (AvgIpc) is 3.37. The topological polar surface area (TPSA) is 50.4 Å². The van der Waals surface area contributed by atoms with Crippen LogP contribution in [0.1, 0.15) is 47.5 Å². The molecule has 0 radical (unpaired) electrons. The lowest BCUT2D eigenvalue weighted by molar-refractivity contribution is -0.274. The predicted molar refractivity (Wildman–Crippen MR) is 83.0 cm³/mol. The van der Waals surface area contributed by atoms with Crippen LogP contribution in [0.4, 0.5) is 13.2 Å². The Morgan fingerprint density at radius 3 is 2.54 bits per heavy atom. The molecule has 0 bridgehead atoms. The summed E-state index contributed by atoms with van der Waals surface area (Å²) in [5.41, 5.74) is 0.853. The van der Waals surface area contributed by atoms with Crippen LogP contribution in [0.25, 0.3) is 0 Å². The Balaban J connectivity index is 1.82. The maximum Gasteiger partial charge on any atom is 0.573 e. The van der Waals surface area contributed by atoms with Gasteiger partial charge in [0, 0.05) is 6.54 Å². The van der Waals surface area contributed by atoms with E-state index in [1.54, 1.807) is 12.1 Å². The molecule has 1 saturated heterocycles. The molecule has 1 heterocycles. The molecule has 0 atom stereocenters. The third kappa shape index (κ3) is 4.63. The number of hydrogen-bond donors (Lipinski definition) is 2. The molecular formula is C17H21F3N2O2. The van der Waals surface area contributed by atoms with Crippen LogP contribution in [0.3, 0.4) is 0 Å². The largest absolute Gasteiger partial charge is 0.573 e. The minimum atomic E-state index is -4.82. The number of halogens is 3. The van der Waals surface area contributed by atoms with Crippen molar-refractivity contribution in [2.75, 3.05) is 19.6 Å². The van der Waals surface area contributed by atoms with Crippen molar-refractivity contribution in [3.8, 4) is 5.75 Å². The quantitative estimate of drug-likeness (QED) is 0.864. The second-order valence-corrected chi connectivity index (χ2v) is 6.48. The molecule has 1 aromatic carbocycles. The fourth-order valence-corrected chi connectivity index (χ4v) is 3.00. The lowest BCUT2D eigenvalue weighted by atomic mass is 9.89. The highest BCUT2D eigenvalue weighted by Crippen LogP contribution is 2.33. The van der Waals surface area contributed by atoms with Gasteiger partial charge in [-0.05, 0) is 68.3 Å². The highest BCUT2D eigenvalue weighted by Gasteiger charge is 2.33. The SMILES string of the molecule is O=C(NCC1CC1)c1cc(C2CCNCC2)ccc1OC(F)(F)F. The second-order valence-electron chi connectivity index (χ2n) is 6.48. The Bertz CT molecular complexity index is 594. The Hall–Kier alpha value is -1.76. The third-order valence-corrected chi connectivity index (χ3v) is 4.53. The Morgan fingerprint density at radius 2 is 1.92 bits per heavy atom. The monoisotopic (exact) mass is 342 g/mol. The van der Waals surface area contributed by atoms with E-state index in [1.165, 1.54) is 6.07 Å². The zero-order valence-corrected chi connectivity index (χ0v) is 13.3. The number of nitrogens with one attached hydrogen (secondary N) is 2. The standard InChI is InChI=1S/C17H21F3N2O2/c18-17(19,20)24-15-4-3-13(12-5-7-21-8-6-12)9-14(15)16(23)22-10-11-1-2-11/h3-4,9,11-12,21H,1-2,5-8,10H2,(H,22,23). The first kappa shape index (κ1) is 17.1. The van der Waals surface area contributed by atoms with Crippen LogP contribution in [0.5, 0.6) is 5.75 Å². The molecule has 0 unspecified atom stereocenters. The molecule has 0 spiro atoms. The van der Waals surface area contributed by atoms with Crippen LogP contribution in [0.2, 0.25) is 0 Å². The van der Waals surface area contributed by atoms with E-state index in [1.807, 2.05) is 0 Å². The molecule has 24 heavy (non-hydrogen) atoms. The van der Waals surface area contributed by atoms with Crippen LogP contribution < -0.4 is 15.4 Å². The van der Waals surface area contributed by atoms with Gasteiger partial charge in [0.25, 0.3) is 5.91 Å². The summed E-state index contributed by atoms with van der Waals surface area (Å²) in [4.78, 5) is 12.3. The third-order valence-electron chi connectivity index (χ3n) is 4.53. The summed E-state index contributed by atoms with van der Waals surface area (Å²) in [6.45, 7) is 2.24. The van der Waals surface area contributed by atoms with Crippen LogP contribution in [0.15, 0.2) is 18.2 Å². The van der Waals surface area contributed by atoms with Gasteiger partial charge < -0.3 is 15.4 Å². The van der Waals surface area contributed by atoms with Crippen molar-refractivity contribution in [2.45, 2.75) is 38.0 Å². The van der Waals surface area contributed by atoms with E-state index in [4.69, 9.17) is 0 Å². The van der Waals surface area contributed by atoms with Gasteiger partial charge >= 0.3 is 6.36 Å². The van der Waals surface area contributed by atoms with Crippen molar-refractivity contribution in [2.24, 2.45) is 5.92 Å². The molecule has 1 amide bonds. The van der Waals surface area contributed by atoms with Gasteiger partial charge in [-0.3, -0.25) is 4.79 Å².